The van der Waals surface area contributed by atoms with Crippen LogP contribution in [0.15, 0.2) is 12.7 Å². The van der Waals surface area contributed by atoms with Gasteiger partial charge in [0.25, 0.3) is 0 Å². The van der Waals surface area contributed by atoms with Gasteiger partial charge in [-0.25, -0.2) is 4.79 Å². The first-order chi connectivity index (χ1) is 7.47. The molecule has 0 aliphatic carbocycles. The maximum atomic E-state index is 10.9. The Morgan fingerprint density at radius 3 is 2.06 bits per heavy atom. The monoisotopic (exact) mass is 236 g/mol. The Kier molecular flexibility index (Phi) is 6.86. The molecule has 5 N–H and O–H groups in total. The van der Waals surface area contributed by atoms with E-state index < -0.39 is 43.6 Å². The van der Waals surface area contributed by atoms with Gasteiger partial charge < -0.3 is 30.3 Å². The molecule has 0 aliphatic rings. The van der Waals surface area contributed by atoms with Crippen LogP contribution in [0.1, 0.15) is 0 Å². The van der Waals surface area contributed by atoms with Gasteiger partial charge in [-0.1, -0.05) is 6.58 Å². The molecule has 0 aromatic carbocycles. The fourth-order valence-corrected chi connectivity index (χ4v) is 0.989. The molecular formula is C9H16O7. The summed E-state index contributed by atoms with van der Waals surface area (Å²) in [4.78, 5) is 10.9. The Hall–Kier alpha value is -0.990. The minimum absolute atomic E-state index is 0.774. The topological polar surface area (TPSA) is 127 Å². The number of ether oxygens (including phenoxy) is 1. The maximum Gasteiger partial charge on any atom is 0.330 e. The van der Waals surface area contributed by atoms with Crippen molar-refractivity contribution in [3.05, 3.63) is 12.7 Å². The van der Waals surface area contributed by atoms with Crippen LogP contribution in [0.3, 0.4) is 0 Å². The van der Waals surface area contributed by atoms with E-state index in [1.165, 1.54) is 0 Å². The summed E-state index contributed by atoms with van der Waals surface area (Å²) in [5, 5.41) is 45.1. The van der Waals surface area contributed by atoms with E-state index >= 15 is 0 Å². The van der Waals surface area contributed by atoms with Crippen LogP contribution in [0.4, 0.5) is 0 Å². The van der Waals surface area contributed by atoms with Crippen molar-refractivity contribution in [3.8, 4) is 0 Å². The van der Waals surface area contributed by atoms with Crippen LogP contribution in [0.2, 0.25) is 0 Å². The fraction of sp³-hybridized carbons (Fsp3) is 0.667. The quantitative estimate of drug-likeness (QED) is 0.238. The van der Waals surface area contributed by atoms with Gasteiger partial charge >= 0.3 is 5.97 Å². The summed E-state index contributed by atoms with van der Waals surface area (Å²) in [5.41, 5.74) is 0. The van der Waals surface area contributed by atoms with E-state index in [-0.39, 0.29) is 0 Å². The van der Waals surface area contributed by atoms with Crippen molar-refractivity contribution in [2.45, 2.75) is 24.4 Å². The molecule has 0 unspecified atom stereocenters. The molecule has 0 rings (SSSR count). The number of carbonyl (C=O) groups excluding carboxylic acids is 1. The third-order valence-electron chi connectivity index (χ3n) is 1.90. The van der Waals surface area contributed by atoms with Crippen molar-refractivity contribution in [1.29, 1.82) is 0 Å². The Morgan fingerprint density at radius 2 is 1.69 bits per heavy atom. The first kappa shape index (κ1) is 15.0. The molecule has 7 nitrogen and oxygen atoms in total. The highest BCUT2D eigenvalue weighted by Gasteiger charge is 2.34. The summed E-state index contributed by atoms with van der Waals surface area (Å²) in [6.07, 6.45) is -5.62. The molecule has 0 radical (unpaired) electrons. The van der Waals surface area contributed by atoms with Crippen molar-refractivity contribution in [2.75, 3.05) is 13.2 Å². The number of esters is 1. The molecule has 94 valence electrons. The second kappa shape index (κ2) is 7.31. The van der Waals surface area contributed by atoms with E-state index in [1.54, 1.807) is 0 Å². The summed E-state index contributed by atoms with van der Waals surface area (Å²) in [6, 6.07) is 0. The molecule has 7 heteroatoms. The Balaban J connectivity index is 4.65. The number of hydrogen-bond donors (Lipinski definition) is 5. The Labute approximate surface area is 92.2 Å². The summed E-state index contributed by atoms with van der Waals surface area (Å²) in [5.74, 6) is -0.929. The number of aliphatic hydroxyl groups is 5. The van der Waals surface area contributed by atoms with E-state index in [4.69, 9.17) is 15.3 Å². The third kappa shape index (κ3) is 4.25. The van der Waals surface area contributed by atoms with Crippen LogP contribution < -0.4 is 0 Å². The minimum atomic E-state index is -1.71. The zero-order valence-corrected chi connectivity index (χ0v) is 8.56. The minimum Gasteiger partial charge on any atom is -0.453 e. The molecule has 0 bridgehead atoms. The van der Waals surface area contributed by atoms with Crippen LogP contribution in [0.25, 0.3) is 0 Å². The highest BCUT2D eigenvalue weighted by atomic mass is 16.6. The van der Waals surface area contributed by atoms with E-state index in [1.807, 2.05) is 0 Å². The molecule has 0 spiro atoms. The molecular weight excluding hydrogens is 220 g/mol. The van der Waals surface area contributed by atoms with Crippen molar-refractivity contribution in [2.24, 2.45) is 0 Å². The van der Waals surface area contributed by atoms with Crippen molar-refractivity contribution >= 4 is 5.97 Å². The third-order valence-corrected chi connectivity index (χ3v) is 1.90. The average Bonchev–Trinajstić information content (AvgIpc) is 2.32. The normalized spacial score (nSPS) is 18.3. The van der Waals surface area contributed by atoms with Crippen molar-refractivity contribution in [1.82, 2.24) is 0 Å². The van der Waals surface area contributed by atoms with E-state index in [0.29, 0.717) is 0 Å². The predicted octanol–water partition coefficient (Wildman–Crippen LogP) is -2.85. The zero-order valence-electron chi connectivity index (χ0n) is 8.56. The van der Waals surface area contributed by atoms with Gasteiger partial charge in [-0.3, -0.25) is 0 Å². The van der Waals surface area contributed by atoms with Crippen LogP contribution in [0, 0.1) is 0 Å². The number of rotatable bonds is 7. The molecule has 0 saturated heterocycles. The lowest BCUT2D eigenvalue weighted by Gasteiger charge is -2.28. The fourth-order valence-electron chi connectivity index (χ4n) is 0.989. The van der Waals surface area contributed by atoms with Gasteiger partial charge in [-0.05, 0) is 0 Å². The largest absolute Gasteiger partial charge is 0.453 e. The van der Waals surface area contributed by atoms with Gasteiger partial charge in [0, 0.05) is 6.08 Å². The van der Waals surface area contributed by atoms with Crippen molar-refractivity contribution in [3.63, 3.8) is 0 Å². The zero-order chi connectivity index (χ0) is 12.7. The van der Waals surface area contributed by atoms with Gasteiger partial charge in [0.15, 0.2) is 6.10 Å². The Bertz CT molecular complexity index is 230. The Morgan fingerprint density at radius 1 is 1.19 bits per heavy atom. The summed E-state index contributed by atoms with van der Waals surface area (Å²) in [6.45, 7) is 1.56. The lowest BCUT2D eigenvalue weighted by atomic mass is 10.0. The lowest BCUT2D eigenvalue weighted by molar-refractivity contribution is -0.171. The second-order valence-corrected chi connectivity index (χ2v) is 3.10. The van der Waals surface area contributed by atoms with Crippen molar-refractivity contribution < 1.29 is 35.1 Å². The smallest absolute Gasteiger partial charge is 0.330 e. The molecule has 0 saturated carbocycles. The summed E-state index contributed by atoms with van der Waals surface area (Å²) >= 11 is 0. The van der Waals surface area contributed by atoms with Crippen LogP contribution in [0.5, 0.6) is 0 Å². The van der Waals surface area contributed by atoms with Crippen LogP contribution >= 0.6 is 0 Å². The van der Waals surface area contributed by atoms with E-state index in [2.05, 4.69) is 11.3 Å². The molecule has 16 heavy (non-hydrogen) atoms. The van der Waals surface area contributed by atoms with Gasteiger partial charge in [0.1, 0.15) is 18.3 Å². The first-order valence-electron chi connectivity index (χ1n) is 4.56. The predicted molar refractivity (Wildman–Crippen MR) is 52.3 cm³/mol. The maximum absolute atomic E-state index is 10.9. The molecule has 0 aliphatic heterocycles. The summed E-state index contributed by atoms with van der Waals surface area (Å²) in [7, 11) is 0. The second-order valence-electron chi connectivity index (χ2n) is 3.10. The molecule has 0 fully saturated rings. The summed E-state index contributed by atoms with van der Waals surface area (Å²) < 4.78 is 4.55. The highest BCUT2D eigenvalue weighted by Crippen LogP contribution is 2.10. The first-order valence-corrected chi connectivity index (χ1v) is 4.56. The molecule has 4 atom stereocenters. The van der Waals surface area contributed by atoms with Gasteiger partial charge in [-0.15, -0.1) is 0 Å². The highest BCUT2D eigenvalue weighted by molar-refractivity contribution is 5.81. The number of aliphatic hydroxyl groups excluding tert-OH is 5. The van der Waals surface area contributed by atoms with Gasteiger partial charge in [-0.2, -0.15) is 0 Å². The number of hydrogen-bond acceptors (Lipinski definition) is 7. The van der Waals surface area contributed by atoms with Gasteiger partial charge in [0.05, 0.1) is 13.2 Å². The number of carbonyl (C=O) groups is 1. The van der Waals surface area contributed by atoms with E-state index in [0.717, 1.165) is 6.08 Å². The molecule has 0 heterocycles. The average molecular weight is 236 g/mol. The van der Waals surface area contributed by atoms with Gasteiger partial charge in [0.2, 0.25) is 0 Å². The molecule has 0 aromatic rings. The molecule has 0 amide bonds. The van der Waals surface area contributed by atoms with Crippen LogP contribution in [-0.2, 0) is 9.53 Å². The lowest BCUT2D eigenvalue weighted by Crippen LogP contribution is -2.49. The SMILES string of the molecule is C=CC(=O)O[C@@H]([C@H](O)[C@@H](O)CO)[C@H](O)CO. The van der Waals surface area contributed by atoms with Crippen LogP contribution in [-0.4, -0.2) is 69.1 Å². The van der Waals surface area contributed by atoms with E-state index in [9.17, 15) is 15.0 Å². The molecule has 0 aromatic heterocycles. The standard InChI is InChI=1S/C9H16O7/c1-2-7(14)16-9(6(13)4-11)8(15)5(12)3-10/h2,5-6,8-13,15H,1,3-4H2/t5-,6+,8+,9+/m0/s1.